The number of nitrogens with two attached hydrogens (primary N) is 1. The number of ketones is 1. The highest BCUT2D eigenvalue weighted by Crippen LogP contribution is 2.38. The summed E-state index contributed by atoms with van der Waals surface area (Å²) in [6.45, 7) is 8.04. The largest absolute Gasteiger partial charge is 1.00 e. The molecule has 4 rings (SSSR count). The van der Waals surface area contributed by atoms with Crippen LogP contribution in [0.2, 0.25) is 0 Å². The van der Waals surface area contributed by atoms with Crippen LogP contribution in [0.5, 0.6) is 0 Å². The van der Waals surface area contributed by atoms with Gasteiger partial charge in [-0.3, -0.25) is 19.2 Å². The number of nitrogens with zero attached hydrogens (tertiary/aromatic N) is 2. The van der Waals surface area contributed by atoms with Gasteiger partial charge in [-0.25, -0.2) is 0 Å². The number of hydrogen-bond acceptors (Lipinski definition) is 7. The van der Waals surface area contributed by atoms with Crippen LogP contribution in [0, 0.1) is 12.3 Å². The second kappa shape index (κ2) is 13.7. The third kappa shape index (κ3) is 8.85. The zero-order valence-electron chi connectivity index (χ0n) is 27.0. The first-order valence-corrected chi connectivity index (χ1v) is 15.1. The molecule has 1 saturated carbocycles. The van der Waals surface area contributed by atoms with Gasteiger partial charge in [-0.15, -0.1) is 0 Å². The Balaban J connectivity index is 0.00000529. The van der Waals surface area contributed by atoms with E-state index in [-0.39, 0.29) is 48.1 Å². The minimum absolute atomic E-state index is 0. The fraction of sp³-hybridized carbons (Fsp3) is 0.576. The lowest BCUT2D eigenvalue weighted by molar-refractivity contribution is -0.873. The molecule has 0 aliphatic heterocycles. The van der Waals surface area contributed by atoms with Crippen molar-refractivity contribution < 1.29 is 45.5 Å². The fourth-order valence-corrected chi connectivity index (χ4v) is 6.48. The number of quaternary nitrogens is 1. The number of primary amides is 1. The lowest BCUT2D eigenvalue weighted by atomic mass is 9.75. The molecule has 3 N–H and O–H groups in total. The molecule has 0 saturated heterocycles. The Morgan fingerprint density at radius 3 is 2.36 bits per heavy atom. The summed E-state index contributed by atoms with van der Waals surface area (Å²) in [4.78, 5) is 49.5. The van der Waals surface area contributed by atoms with E-state index >= 15 is 0 Å². The predicted molar refractivity (Wildman–Crippen MR) is 164 cm³/mol. The lowest BCUT2D eigenvalue weighted by Gasteiger charge is -2.31. The standard InChI is InChI=1S/C33H46N4O6.ClH/c1-20-18-36(28-16-33(3,4)17-29(39)31(20)28)23-10-13-26(32(34)41)27(14-23)35-22-8-11-24(12-9-22)43-30(40)15-25(42-21(2)38)19-37(5,6)7;/h10,13-14,18,22,24-25H,8-9,11-12,15-17,19H2,1-7H3,(H2-,34,35,41);1H. The molecule has 1 unspecified atom stereocenters. The summed E-state index contributed by atoms with van der Waals surface area (Å²) in [6.07, 6.45) is 5.40. The summed E-state index contributed by atoms with van der Waals surface area (Å²) in [5.41, 5.74) is 10.3. The monoisotopic (exact) mass is 630 g/mol. The maximum Gasteiger partial charge on any atom is 0.310 e. The molecule has 0 radical (unpaired) electrons. The maximum absolute atomic E-state index is 12.9. The fourth-order valence-electron chi connectivity index (χ4n) is 6.48. The highest BCUT2D eigenvalue weighted by molar-refractivity contribution is 6.01. The van der Waals surface area contributed by atoms with E-state index in [1.165, 1.54) is 6.92 Å². The second-order valence-electron chi connectivity index (χ2n) is 14.1. The van der Waals surface area contributed by atoms with Crippen LogP contribution in [0.15, 0.2) is 24.4 Å². The van der Waals surface area contributed by atoms with E-state index in [4.69, 9.17) is 15.2 Å². The first kappa shape index (κ1) is 35.1. The summed E-state index contributed by atoms with van der Waals surface area (Å²) in [6, 6.07) is 5.60. The Bertz CT molecular complexity index is 1400. The lowest BCUT2D eigenvalue weighted by Crippen LogP contribution is -3.00. The number of esters is 2. The quantitative estimate of drug-likeness (QED) is 0.299. The highest BCUT2D eigenvalue weighted by Gasteiger charge is 2.35. The molecule has 1 atom stereocenters. The van der Waals surface area contributed by atoms with Gasteiger partial charge in [0.25, 0.3) is 5.91 Å². The van der Waals surface area contributed by atoms with Gasteiger partial charge < -0.3 is 42.0 Å². The minimum Gasteiger partial charge on any atom is -1.00 e. The molecular formula is C33H47ClN4O6. The summed E-state index contributed by atoms with van der Waals surface area (Å²) in [5.74, 6) is -1.13. The summed E-state index contributed by atoms with van der Waals surface area (Å²) < 4.78 is 13.8. The van der Waals surface area contributed by atoms with E-state index in [1.54, 1.807) is 6.07 Å². The first-order valence-electron chi connectivity index (χ1n) is 15.1. The highest BCUT2D eigenvalue weighted by atomic mass is 35.5. The Hall–Kier alpha value is -3.37. The molecule has 1 fully saturated rings. The smallest absolute Gasteiger partial charge is 0.310 e. The van der Waals surface area contributed by atoms with Crippen molar-refractivity contribution in [2.45, 2.75) is 90.9 Å². The van der Waals surface area contributed by atoms with Crippen LogP contribution in [-0.4, -0.2) is 78.6 Å². The van der Waals surface area contributed by atoms with Gasteiger partial charge in [0.1, 0.15) is 12.6 Å². The molecule has 242 valence electrons. The van der Waals surface area contributed by atoms with Crippen molar-refractivity contribution in [3.63, 3.8) is 0 Å². The zero-order chi connectivity index (χ0) is 31.7. The van der Waals surface area contributed by atoms with E-state index < -0.39 is 18.0 Å². The van der Waals surface area contributed by atoms with Crippen LogP contribution in [0.1, 0.15) is 91.3 Å². The number of anilines is 1. The van der Waals surface area contributed by atoms with Crippen LogP contribution in [0.25, 0.3) is 5.69 Å². The number of amides is 1. The molecule has 0 bridgehead atoms. The number of fused-ring (bicyclic) bond motifs is 1. The van der Waals surface area contributed by atoms with Crippen molar-refractivity contribution in [2.24, 2.45) is 11.1 Å². The van der Waals surface area contributed by atoms with Gasteiger partial charge in [0.05, 0.1) is 33.1 Å². The van der Waals surface area contributed by atoms with Crippen molar-refractivity contribution in [3.8, 4) is 5.69 Å². The number of aryl methyl sites for hydroxylation is 1. The molecular weight excluding hydrogens is 584 g/mol. The van der Waals surface area contributed by atoms with Crippen LogP contribution >= 0.6 is 0 Å². The maximum atomic E-state index is 12.9. The van der Waals surface area contributed by atoms with Crippen LogP contribution < -0.4 is 23.5 Å². The van der Waals surface area contributed by atoms with Crippen molar-refractivity contribution in [2.75, 3.05) is 33.0 Å². The number of nitrogens with one attached hydrogen (secondary N) is 1. The minimum atomic E-state index is -0.540. The van der Waals surface area contributed by atoms with E-state index in [2.05, 4.69) is 23.7 Å². The van der Waals surface area contributed by atoms with Gasteiger partial charge in [0.15, 0.2) is 11.9 Å². The van der Waals surface area contributed by atoms with Crippen molar-refractivity contribution >= 4 is 29.3 Å². The number of rotatable bonds is 10. The van der Waals surface area contributed by atoms with Crippen LogP contribution in [-0.2, 0) is 25.5 Å². The number of ether oxygens (including phenoxy) is 2. The number of carbonyl (C=O) groups is 4. The van der Waals surface area contributed by atoms with E-state index in [0.717, 1.165) is 41.8 Å². The number of Topliss-reactive ketones (excluding diaryl/α,β-unsaturated/α-hetero) is 1. The number of benzene rings is 1. The average Bonchev–Trinajstić information content (AvgIpc) is 3.18. The summed E-state index contributed by atoms with van der Waals surface area (Å²) >= 11 is 0. The topological polar surface area (TPSA) is 130 Å². The Kier molecular flexibility index (Phi) is 11.0. The van der Waals surface area contributed by atoms with Crippen molar-refractivity contribution in [1.82, 2.24) is 4.57 Å². The van der Waals surface area contributed by atoms with Crippen molar-refractivity contribution in [3.05, 3.63) is 46.8 Å². The van der Waals surface area contributed by atoms with Gasteiger partial charge in [0.2, 0.25) is 0 Å². The molecule has 0 spiro atoms. The van der Waals surface area contributed by atoms with E-state index in [0.29, 0.717) is 41.5 Å². The van der Waals surface area contributed by atoms with Crippen LogP contribution in [0.4, 0.5) is 5.69 Å². The number of hydrogen-bond donors (Lipinski definition) is 2. The summed E-state index contributed by atoms with van der Waals surface area (Å²) in [7, 11) is 5.93. The molecule has 1 aromatic heterocycles. The number of likely N-dealkylation sites (N-methyl/N-ethyl adjacent to an activating group) is 1. The van der Waals surface area contributed by atoms with Gasteiger partial charge in [-0.05, 0) is 68.2 Å². The molecule has 2 aliphatic rings. The Morgan fingerprint density at radius 1 is 1.11 bits per heavy atom. The van der Waals surface area contributed by atoms with Gasteiger partial charge >= 0.3 is 11.9 Å². The second-order valence-corrected chi connectivity index (χ2v) is 14.1. The number of carbonyl (C=O) groups excluding carboxylic acids is 4. The molecule has 1 heterocycles. The third-order valence-electron chi connectivity index (χ3n) is 8.22. The average molecular weight is 631 g/mol. The Labute approximate surface area is 266 Å². The molecule has 44 heavy (non-hydrogen) atoms. The van der Waals surface area contributed by atoms with E-state index in [9.17, 15) is 19.2 Å². The molecule has 11 heteroatoms. The normalized spacial score (nSPS) is 20.1. The van der Waals surface area contributed by atoms with Gasteiger partial charge in [0, 0.05) is 48.2 Å². The molecule has 2 aliphatic carbocycles. The third-order valence-corrected chi connectivity index (χ3v) is 8.22. The Morgan fingerprint density at radius 2 is 1.77 bits per heavy atom. The van der Waals surface area contributed by atoms with Crippen LogP contribution in [0.3, 0.4) is 0 Å². The van der Waals surface area contributed by atoms with E-state index in [1.807, 2.05) is 46.4 Å². The first-order chi connectivity index (χ1) is 20.0. The summed E-state index contributed by atoms with van der Waals surface area (Å²) in [5, 5.41) is 3.53. The molecule has 1 amide bonds. The molecule has 10 nitrogen and oxygen atoms in total. The molecule has 1 aromatic carbocycles. The molecule has 2 aromatic rings. The number of halogens is 1. The number of aromatic nitrogens is 1. The SMILES string of the molecule is CC(=O)OC(CC(=O)OC1CCC(Nc2cc(-n3cc(C)c4c3CC(C)(C)CC4=O)ccc2C(N)=O)CC1)C[N+](C)(C)C.[Cl-]. The van der Waals surface area contributed by atoms with Gasteiger partial charge in [-0.1, -0.05) is 13.8 Å². The predicted octanol–water partition coefficient (Wildman–Crippen LogP) is 1.34. The van der Waals surface area contributed by atoms with Gasteiger partial charge in [-0.2, -0.15) is 0 Å². The zero-order valence-corrected chi connectivity index (χ0v) is 27.8. The van der Waals surface area contributed by atoms with Crippen molar-refractivity contribution in [1.29, 1.82) is 0 Å².